The summed E-state index contributed by atoms with van der Waals surface area (Å²) in [6.07, 6.45) is 0. The van der Waals surface area contributed by atoms with E-state index in [1.165, 1.54) is 5.56 Å². The molecule has 0 aliphatic carbocycles. The fourth-order valence-corrected chi connectivity index (χ4v) is 0.887. The van der Waals surface area contributed by atoms with Crippen LogP contribution >= 0.6 is 17.0 Å². The van der Waals surface area contributed by atoms with Gasteiger partial charge in [0.25, 0.3) is 0 Å². The van der Waals surface area contributed by atoms with E-state index in [2.05, 4.69) is 39.0 Å². The first kappa shape index (κ1) is 19.5. The van der Waals surface area contributed by atoms with Gasteiger partial charge in [0, 0.05) is 0 Å². The SMILES string of the molecule is Br.CC(C)(C)c1cc[c-]cc1.[Br-].[Mg+2]. The zero-order valence-electron chi connectivity index (χ0n) is 8.30. The maximum Gasteiger partial charge on any atom is 2.00 e. The van der Waals surface area contributed by atoms with E-state index in [-0.39, 0.29) is 62.4 Å². The zero-order chi connectivity index (χ0) is 7.61. The van der Waals surface area contributed by atoms with Crippen LogP contribution < -0.4 is 17.0 Å². The average Bonchev–Trinajstić information content (AvgIpc) is 1.88. The Kier molecular flexibility index (Phi) is 12.4. The smallest absolute Gasteiger partial charge is 1.00 e. The average molecular weight is 318 g/mol. The van der Waals surface area contributed by atoms with Crippen LogP contribution in [0.25, 0.3) is 0 Å². The minimum atomic E-state index is 0. The largest absolute Gasteiger partial charge is 2.00 e. The van der Waals surface area contributed by atoms with Crippen molar-refractivity contribution in [2.75, 3.05) is 0 Å². The molecule has 0 atom stereocenters. The summed E-state index contributed by atoms with van der Waals surface area (Å²) in [6.45, 7) is 6.63. The second-order valence-corrected chi connectivity index (χ2v) is 3.54. The van der Waals surface area contributed by atoms with Gasteiger partial charge in [-0.2, -0.15) is 35.9 Å². The van der Waals surface area contributed by atoms with Crippen LogP contribution in [0.4, 0.5) is 0 Å². The van der Waals surface area contributed by atoms with Crippen molar-refractivity contribution in [2.45, 2.75) is 26.2 Å². The minimum absolute atomic E-state index is 0. The van der Waals surface area contributed by atoms with Gasteiger partial charge < -0.3 is 17.0 Å². The van der Waals surface area contributed by atoms with Crippen molar-refractivity contribution in [2.24, 2.45) is 0 Å². The molecule has 1 aromatic carbocycles. The third-order valence-electron chi connectivity index (χ3n) is 1.58. The quantitative estimate of drug-likeness (QED) is 0.466. The molecular formula is C10H14Br2Mg. The number of benzene rings is 1. The van der Waals surface area contributed by atoms with Gasteiger partial charge in [-0.25, -0.2) is 0 Å². The molecule has 0 aliphatic rings. The summed E-state index contributed by atoms with van der Waals surface area (Å²) in [7, 11) is 0. The first-order valence-corrected chi connectivity index (χ1v) is 3.57. The third-order valence-corrected chi connectivity index (χ3v) is 1.58. The molecule has 3 heteroatoms. The molecule has 0 bridgehead atoms. The molecule has 0 aromatic heterocycles. The van der Waals surface area contributed by atoms with E-state index in [1.807, 2.05) is 12.1 Å². The van der Waals surface area contributed by atoms with Crippen molar-refractivity contribution in [3.8, 4) is 0 Å². The monoisotopic (exact) mass is 316 g/mol. The van der Waals surface area contributed by atoms with Crippen LogP contribution in [0.15, 0.2) is 24.3 Å². The van der Waals surface area contributed by atoms with E-state index < -0.39 is 0 Å². The topological polar surface area (TPSA) is 0 Å². The van der Waals surface area contributed by atoms with Gasteiger partial charge in [0.1, 0.15) is 0 Å². The molecule has 70 valence electrons. The first-order valence-electron chi connectivity index (χ1n) is 3.57. The van der Waals surface area contributed by atoms with Crippen LogP contribution in [0, 0.1) is 6.07 Å². The van der Waals surface area contributed by atoms with Crippen LogP contribution in [-0.2, 0) is 5.41 Å². The summed E-state index contributed by atoms with van der Waals surface area (Å²) in [4.78, 5) is 0. The predicted octanol–water partition coefficient (Wildman–Crippen LogP) is -0.0146. The normalized spacial score (nSPS) is 8.85. The predicted molar refractivity (Wildman–Crippen MR) is 60.1 cm³/mol. The van der Waals surface area contributed by atoms with Crippen molar-refractivity contribution in [3.05, 3.63) is 35.9 Å². The molecule has 0 unspecified atom stereocenters. The fourth-order valence-electron chi connectivity index (χ4n) is 0.887. The number of rotatable bonds is 0. The first-order chi connectivity index (χ1) is 4.61. The number of hydrogen-bond donors (Lipinski definition) is 0. The maximum atomic E-state index is 3.00. The molecule has 1 aromatic rings. The Morgan fingerprint density at radius 3 is 1.69 bits per heavy atom. The Labute approximate surface area is 118 Å². The van der Waals surface area contributed by atoms with Crippen LogP contribution in [0.1, 0.15) is 26.3 Å². The van der Waals surface area contributed by atoms with E-state index in [0.717, 1.165) is 0 Å². The zero-order valence-corrected chi connectivity index (χ0v) is 13.0. The van der Waals surface area contributed by atoms with Crippen molar-refractivity contribution in [3.63, 3.8) is 0 Å². The summed E-state index contributed by atoms with van der Waals surface area (Å²) in [5, 5.41) is 0. The van der Waals surface area contributed by atoms with Crippen molar-refractivity contribution in [1.82, 2.24) is 0 Å². The molecular weight excluding hydrogens is 304 g/mol. The Bertz CT molecular complexity index is 204. The number of hydrogen-bond acceptors (Lipinski definition) is 0. The molecule has 1 rings (SSSR count). The summed E-state index contributed by atoms with van der Waals surface area (Å²) >= 11 is 0. The Hall–Kier alpha value is 0.946. The molecule has 0 heterocycles. The molecule has 0 amide bonds. The van der Waals surface area contributed by atoms with Crippen molar-refractivity contribution >= 4 is 40.0 Å². The van der Waals surface area contributed by atoms with E-state index in [0.29, 0.717) is 0 Å². The van der Waals surface area contributed by atoms with E-state index in [9.17, 15) is 0 Å². The minimum Gasteiger partial charge on any atom is -1.00 e. The molecule has 0 saturated heterocycles. The van der Waals surface area contributed by atoms with Crippen LogP contribution in [0.2, 0.25) is 0 Å². The third kappa shape index (κ3) is 6.94. The second kappa shape index (κ2) is 8.27. The molecule has 0 fully saturated rings. The van der Waals surface area contributed by atoms with Gasteiger partial charge >= 0.3 is 23.1 Å². The molecule has 13 heavy (non-hydrogen) atoms. The van der Waals surface area contributed by atoms with Gasteiger partial charge in [0.05, 0.1) is 0 Å². The molecule has 0 radical (unpaired) electrons. The van der Waals surface area contributed by atoms with Gasteiger partial charge in [-0.3, -0.25) is 0 Å². The maximum absolute atomic E-state index is 3.00. The summed E-state index contributed by atoms with van der Waals surface area (Å²) in [6, 6.07) is 11.1. The van der Waals surface area contributed by atoms with Gasteiger partial charge in [-0.1, -0.05) is 20.8 Å². The number of halogens is 2. The Morgan fingerprint density at radius 2 is 1.46 bits per heavy atom. The molecule has 0 aliphatic heterocycles. The summed E-state index contributed by atoms with van der Waals surface area (Å²) in [5.41, 5.74) is 1.64. The van der Waals surface area contributed by atoms with Gasteiger partial charge in [-0.05, 0) is 5.41 Å². The molecule has 0 N–H and O–H groups in total. The summed E-state index contributed by atoms with van der Waals surface area (Å²) < 4.78 is 0. The molecule has 0 nitrogen and oxygen atoms in total. The van der Waals surface area contributed by atoms with Crippen LogP contribution in [0.5, 0.6) is 0 Å². The summed E-state index contributed by atoms with van der Waals surface area (Å²) in [5.74, 6) is 0. The van der Waals surface area contributed by atoms with Gasteiger partial charge in [0.15, 0.2) is 0 Å². The van der Waals surface area contributed by atoms with Crippen molar-refractivity contribution < 1.29 is 17.0 Å². The van der Waals surface area contributed by atoms with Gasteiger partial charge in [0.2, 0.25) is 0 Å². The van der Waals surface area contributed by atoms with Crippen LogP contribution in [-0.4, -0.2) is 23.1 Å². The van der Waals surface area contributed by atoms with E-state index >= 15 is 0 Å². The van der Waals surface area contributed by atoms with Gasteiger partial charge in [-0.15, -0.1) is 17.0 Å². The Balaban J connectivity index is -0.000000333. The second-order valence-electron chi connectivity index (χ2n) is 3.54. The Morgan fingerprint density at radius 1 is 1.08 bits per heavy atom. The van der Waals surface area contributed by atoms with E-state index in [4.69, 9.17) is 0 Å². The van der Waals surface area contributed by atoms with Crippen molar-refractivity contribution in [1.29, 1.82) is 0 Å². The van der Waals surface area contributed by atoms with Crippen LogP contribution in [0.3, 0.4) is 0 Å². The standard InChI is InChI=1S/C10H13.2BrH.Mg/c1-10(2,3)9-7-5-4-6-8-9;;;/h5-8H,1-3H3;2*1H;/q-1;;;+2/p-1. The molecule has 0 spiro atoms. The molecule has 0 saturated carbocycles. The fraction of sp³-hybridized carbons (Fsp3) is 0.400. The van der Waals surface area contributed by atoms with E-state index in [1.54, 1.807) is 0 Å².